The van der Waals surface area contributed by atoms with E-state index in [-0.39, 0.29) is 18.6 Å². The van der Waals surface area contributed by atoms with Crippen LogP contribution >= 0.6 is 0 Å². The van der Waals surface area contributed by atoms with Crippen molar-refractivity contribution < 1.29 is 23.8 Å². The molecule has 6 heteroatoms. The number of carbonyl (C=O) groups excluding carboxylic acids is 2. The molecule has 2 aromatic rings. The Hall–Kier alpha value is -2.60. The highest BCUT2D eigenvalue weighted by molar-refractivity contribution is 5.99. The lowest BCUT2D eigenvalue weighted by atomic mass is 10.1. The molecule has 0 saturated carbocycles. The Kier molecular flexibility index (Phi) is 6.07. The maximum atomic E-state index is 12.4. The summed E-state index contributed by atoms with van der Waals surface area (Å²) < 4.78 is 16.2. The fourth-order valence-electron chi connectivity index (χ4n) is 2.95. The maximum absolute atomic E-state index is 12.4. The van der Waals surface area contributed by atoms with E-state index in [0.29, 0.717) is 24.5 Å². The average Bonchev–Trinajstić information content (AvgIpc) is 3.18. The normalized spacial score (nSPS) is 16.4. The van der Waals surface area contributed by atoms with Gasteiger partial charge in [-0.1, -0.05) is 24.3 Å². The van der Waals surface area contributed by atoms with E-state index in [1.54, 1.807) is 6.07 Å². The Labute approximate surface area is 152 Å². The molecule has 0 bridgehead atoms. The highest BCUT2D eigenvalue weighted by Gasteiger charge is 2.19. The lowest BCUT2D eigenvalue weighted by Gasteiger charge is -2.13. The van der Waals surface area contributed by atoms with Crippen LogP contribution in [0.15, 0.2) is 36.4 Å². The van der Waals surface area contributed by atoms with Crippen molar-refractivity contribution in [3.63, 3.8) is 0 Å². The van der Waals surface area contributed by atoms with E-state index in [1.807, 2.05) is 37.3 Å². The van der Waals surface area contributed by atoms with Crippen molar-refractivity contribution in [1.29, 1.82) is 0 Å². The molecule has 0 aliphatic carbocycles. The standard InChI is InChI=1S/C20H23NO5/c1-2-24-18-11-15-7-4-3-6-14(15)10-17(18)20(23)26-13-19(22)21-12-16-8-5-9-25-16/h3-4,6-7,10-11,16H,2,5,8-9,12-13H2,1H3,(H,21,22). The van der Waals surface area contributed by atoms with Crippen molar-refractivity contribution in [3.8, 4) is 5.75 Å². The third-order valence-corrected chi connectivity index (χ3v) is 4.25. The van der Waals surface area contributed by atoms with Crippen LogP contribution in [0.4, 0.5) is 0 Å². The fraction of sp³-hybridized carbons (Fsp3) is 0.400. The van der Waals surface area contributed by atoms with Gasteiger partial charge in [-0.25, -0.2) is 4.79 Å². The molecule has 1 amide bonds. The zero-order valence-corrected chi connectivity index (χ0v) is 14.8. The third kappa shape index (κ3) is 4.52. The number of ether oxygens (including phenoxy) is 3. The monoisotopic (exact) mass is 357 g/mol. The van der Waals surface area contributed by atoms with Gasteiger partial charge in [-0.15, -0.1) is 0 Å². The molecule has 0 radical (unpaired) electrons. The number of benzene rings is 2. The van der Waals surface area contributed by atoms with Gasteiger partial charge in [0.25, 0.3) is 5.91 Å². The molecule has 1 aliphatic heterocycles. The first-order chi connectivity index (χ1) is 12.7. The number of hydrogen-bond acceptors (Lipinski definition) is 5. The van der Waals surface area contributed by atoms with Crippen molar-refractivity contribution >= 4 is 22.6 Å². The van der Waals surface area contributed by atoms with E-state index in [1.165, 1.54) is 0 Å². The molecule has 1 unspecified atom stereocenters. The number of hydrogen-bond donors (Lipinski definition) is 1. The van der Waals surface area contributed by atoms with Crippen LogP contribution in [0.1, 0.15) is 30.1 Å². The fourth-order valence-corrected chi connectivity index (χ4v) is 2.95. The average molecular weight is 357 g/mol. The highest BCUT2D eigenvalue weighted by Crippen LogP contribution is 2.27. The quantitative estimate of drug-likeness (QED) is 0.771. The highest BCUT2D eigenvalue weighted by atomic mass is 16.5. The Balaban J connectivity index is 1.62. The molecule has 2 aromatic carbocycles. The minimum absolute atomic E-state index is 0.0553. The van der Waals surface area contributed by atoms with Gasteiger partial charge in [0.15, 0.2) is 6.61 Å². The van der Waals surface area contributed by atoms with E-state index in [9.17, 15) is 9.59 Å². The predicted molar refractivity (Wildman–Crippen MR) is 97.4 cm³/mol. The number of fused-ring (bicyclic) bond motifs is 1. The molecule has 1 heterocycles. The SMILES string of the molecule is CCOc1cc2ccccc2cc1C(=O)OCC(=O)NCC1CCCO1. The van der Waals surface area contributed by atoms with Gasteiger partial charge < -0.3 is 19.5 Å². The van der Waals surface area contributed by atoms with Crippen LogP contribution in [0.3, 0.4) is 0 Å². The molecule has 3 rings (SSSR count). The summed E-state index contributed by atoms with van der Waals surface area (Å²) in [5.74, 6) is -0.463. The minimum Gasteiger partial charge on any atom is -0.493 e. The zero-order valence-electron chi connectivity index (χ0n) is 14.8. The number of rotatable bonds is 7. The van der Waals surface area contributed by atoms with Gasteiger partial charge >= 0.3 is 5.97 Å². The molecule has 1 N–H and O–H groups in total. The van der Waals surface area contributed by atoms with Gasteiger partial charge in [0.2, 0.25) is 0 Å². The molecule has 1 fully saturated rings. The molecule has 6 nitrogen and oxygen atoms in total. The van der Waals surface area contributed by atoms with Gasteiger partial charge in [-0.3, -0.25) is 4.79 Å². The van der Waals surface area contributed by atoms with Crippen molar-refractivity contribution in [2.75, 3.05) is 26.4 Å². The minimum atomic E-state index is -0.577. The largest absolute Gasteiger partial charge is 0.493 e. The number of amides is 1. The first-order valence-electron chi connectivity index (χ1n) is 8.88. The van der Waals surface area contributed by atoms with E-state index < -0.39 is 5.97 Å². The van der Waals surface area contributed by atoms with Crippen LogP contribution in [0.5, 0.6) is 5.75 Å². The molecular weight excluding hydrogens is 334 g/mol. The van der Waals surface area contributed by atoms with Gasteiger partial charge in [0.05, 0.1) is 12.7 Å². The van der Waals surface area contributed by atoms with Crippen molar-refractivity contribution in [3.05, 3.63) is 42.0 Å². The number of nitrogens with one attached hydrogen (secondary N) is 1. The Morgan fingerprint density at radius 2 is 2.00 bits per heavy atom. The second kappa shape index (κ2) is 8.67. The van der Waals surface area contributed by atoms with E-state index in [0.717, 1.165) is 30.2 Å². The molecule has 0 spiro atoms. The Morgan fingerprint density at radius 3 is 2.69 bits per heavy atom. The summed E-state index contributed by atoms with van der Waals surface area (Å²) in [4.78, 5) is 24.3. The second-order valence-corrected chi connectivity index (χ2v) is 6.14. The summed E-state index contributed by atoms with van der Waals surface area (Å²) in [5, 5.41) is 4.61. The molecule has 138 valence electrons. The number of esters is 1. The summed E-state index contributed by atoms with van der Waals surface area (Å²) in [6.07, 6.45) is 2.01. The van der Waals surface area contributed by atoms with Gasteiger partial charge in [0, 0.05) is 13.2 Å². The summed E-state index contributed by atoms with van der Waals surface area (Å²) in [6, 6.07) is 11.2. The van der Waals surface area contributed by atoms with E-state index in [4.69, 9.17) is 14.2 Å². The first kappa shape index (κ1) is 18.2. The summed E-state index contributed by atoms with van der Waals surface area (Å²) >= 11 is 0. The second-order valence-electron chi connectivity index (χ2n) is 6.14. The lowest BCUT2D eigenvalue weighted by molar-refractivity contribution is -0.124. The van der Waals surface area contributed by atoms with Crippen LogP contribution in [0.2, 0.25) is 0 Å². The third-order valence-electron chi connectivity index (χ3n) is 4.25. The van der Waals surface area contributed by atoms with Crippen LogP contribution in [0.25, 0.3) is 10.8 Å². The number of carbonyl (C=O) groups is 2. The summed E-state index contributed by atoms with van der Waals surface area (Å²) in [5.41, 5.74) is 0.317. The smallest absolute Gasteiger partial charge is 0.342 e. The van der Waals surface area contributed by atoms with E-state index >= 15 is 0 Å². The topological polar surface area (TPSA) is 73.9 Å². The molecular formula is C20H23NO5. The first-order valence-corrected chi connectivity index (χ1v) is 8.88. The summed E-state index contributed by atoms with van der Waals surface area (Å²) in [7, 11) is 0. The predicted octanol–water partition coefficient (Wildman–Crippen LogP) is 2.69. The zero-order chi connectivity index (χ0) is 18.4. The molecule has 26 heavy (non-hydrogen) atoms. The molecule has 1 aliphatic rings. The Morgan fingerprint density at radius 1 is 1.23 bits per heavy atom. The lowest BCUT2D eigenvalue weighted by Crippen LogP contribution is -2.34. The van der Waals surface area contributed by atoms with Crippen LogP contribution in [-0.4, -0.2) is 44.3 Å². The maximum Gasteiger partial charge on any atom is 0.342 e. The van der Waals surface area contributed by atoms with Gasteiger partial charge in [-0.05, 0) is 42.7 Å². The van der Waals surface area contributed by atoms with Gasteiger partial charge in [-0.2, -0.15) is 0 Å². The van der Waals surface area contributed by atoms with Crippen LogP contribution < -0.4 is 10.1 Å². The Bertz CT molecular complexity index is 783. The molecule has 1 saturated heterocycles. The van der Waals surface area contributed by atoms with Crippen molar-refractivity contribution in [2.24, 2.45) is 0 Å². The van der Waals surface area contributed by atoms with Crippen molar-refractivity contribution in [2.45, 2.75) is 25.9 Å². The molecule has 0 aromatic heterocycles. The van der Waals surface area contributed by atoms with Crippen LogP contribution in [-0.2, 0) is 14.3 Å². The summed E-state index contributed by atoms with van der Waals surface area (Å²) in [6.45, 7) is 3.13. The van der Waals surface area contributed by atoms with Crippen molar-refractivity contribution in [1.82, 2.24) is 5.32 Å². The molecule has 1 atom stereocenters. The van der Waals surface area contributed by atoms with Crippen LogP contribution in [0, 0.1) is 0 Å². The van der Waals surface area contributed by atoms with Gasteiger partial charge in [0.1, 0.15) is 11.3 Å². The van der Waals surface area contributed by atoms with E-state index in [2.05, 4.69) is 5.32 Å².